The molecule has 0 aliphatic rings. The molecule has 0 saturated carbocycles. The summed E-state index contributed by atoms with van der Waals surface area (Å²) in [6.07, 6.45) is 1.65. The molecule has 0 unspecified atom stereocenters. The quantitative estimate of drug-likeness (QED) is 0.334. The number of pyridine rings is 1. The van der Waals surface area contributed by atoms with Gasteiger partial charge in [-0.1, -0.05) is 42.5 Å². The van der Waals surface area contributed by atoms with Crippen molar-refractivity contribution < 1.29 is 9.47 Å². The van der Waals surface area contributed by atoms with Gasteiger partial charge in [0.2, 0.25) is 5.88 Å². The third-order valence-electron chi connectivity index (χ3n) is 5.77. The van der Waals surface area contributed by atoms with E-state index < -0.39 is 0 Å². The molecule has 6 aromatic rings. The van der Waals surface area contributed by atoms with Gasteiger partial charge in [0, 0.05) is 23.0 Å². The Morgan fingerprint density at radius 3 is 2.34 bits per heavy atom. The number of methoxy groups -OCH3 is 1. The second kappa shape index (κ2) is 8.49. The Bertz CT molecular complexity index is 1680. The third kappa shape index (κ3) is 3.80. The molecule has 0 aliphatic heterocycles. The van der Waals surface area contributed by atoms with Gasteiger partial charge in [-0.25, -0.2) is 4.98 Å². The normalized spacial score (nSPS) is 11.1. The maximum atomic E-state index is 5.99. The van der Waals surface area contributed by atoms with Crippen molar-refractivity contribution >= 4 is 21.8 Å². The maximum absolute atomic E-state index is 5.99. The second-order valence-electron chi connectivity index (χ2n) is 8.00. The molecular weight excluding hydrogens is 440 g/mol. The van der Waals surface area contributed by atoms with Gasteiger partial charge < -0.3 is 9.47 Å². The highest BCUT2D eigenvalue weighted by molar-refractivity contribution is 6.09. The molecule has 35 heavy (non-hydrogen) atoms. The van der Waals surface area contributed by atoms with Crippen molar-refractivity contribution in [3.63, 3.8) is 0 Å². The summed E-state index contributed by atoms with van der Waals surface area (Å²) in [6.45, 7) is 1.77. The van der Waals surface area contributed by atoms with Gasteiger partial charge in [0.15, 0.2) is 5.82 Å². The van der Waals surface area contributed by atoms with E-state index in [1.807, 2.05) is 47.0 Å². The molecule has 170 valence electrons. The lowest BCUT2D eigenvalue weighted by atomic mass is 10.0. The zero-order chi connectivity index (χ0) is 23.8. The highest BCUT2D eigenvalue weighted by Crippen LogP contribution is 2.35. The number of para-hydroxylation sites is 1. The van der Waals surface area contributed by atoms with E-state index in [1.54, 1.807) is 32.4 Å². The first-order valence-corrected chi connectivity index (χ1v) is 11.1. The van der Waals surface area contributed by atoms with E-state index in [2.05, 4.69) is 49.6 Å². The van der Waals surface area contributed by atoms with Crippen LogP contribution >= 0.6 is 0 Å². The van der Waals surface area contributed by atoms with Crippen LogP contribution in [0.2, 0.25) is 0 Å². The first-order valence-electron chi connectivity index (χ1n) is 11.1. The number of nitrogens with zero attached hydrogens (tertiary/aromatic N) is 6. The summed E-state index contributed by atoms with van der Waals surface area (Å²) in [5.74, 6) is 2.79. The van der Waals surface area contributed by atoms with Crippen LogP contribution in [-0.4, -0.2) is 37.1 Å². The average Bonchev–Trinajstić information content (AvgIpc) is 3.23. The van der Waals surface area contributed by atoms with E-state index in [9.17, 15) is 0 Å². The summed E-state index contributed by atoms with van der Waals surface area (Å²) in [5, 5.41) is 19.0. The van der Waals surface area contributed by atoms with Crippen molar-refractivity contribution in [1.29, 1.82) is 0 Å². The van der Waals surface area contributed by atoms with Crippen molar-refractivity contribution in [3.05, 3.63) is 90.9 Å². The Morgan fingerprint density at radius 2 is 1.49 bits per heavy atom. The fourth-order valence-corrected chi connectivity index (χ4v) is 4.16. The molecule has 0 fully saturated rings. The Labute approximate surface area is 200 Å². The standard InChI is InChI=1S/C27H20N6O2/c1-17-29-31-27(32-30-17)33-24-9-4-3-8-22(24)23-11-10-19(15-25(23)33)18-6-5-7-21(14-18)35-26-16-20(34-2)12-13-28-26/h3-16H,1-2H3. The smallest absolute Gasteiger partial charge is 0.273 e. The molecule has 8 nitrogen and oxygen atoms in total. The summed E-state index contributed by atoms with van der Waals surface area (Å²) >= 11 is 0. The van der Waals surface area contributed by atoms with Crippen LogP contribution in [0.15, 0.2) is 85.1 Å². The molecule has 0 bridgehead atoms. The van der Waals surface area contributed by atoms with Crippen molar-refractivity contribution in [2.24, 2.45) is 0 Å². The molecule has 3 aromatic carbocycles. The van der Waals surface area contributed by atoms with E-state index in [4.69, 9.17) is 9.47 Å². The third-order valence-corrected chi connectivity index (χ3v) is 5.77. The summed E-state index contributed by atoms with van der Waals surface area (Å²) in [6, 6.07) is 26.0. The van der Waals surface area contributed by atoms with Gasteiger partial charge in [-0.15, -0.1) is 20.4 Å². The Hall–Kier alpha value is -4.85. The number of ether oxygens (including phenoxy) is 2. The monoisotopic (exact) mass is 460 g/mol. The predicted molar refractivity (Wildman–Crippen MR) is 133 cm³/mol. The van der Waals surface area contributed by atoms with E-state index in [0.29, 0.717) is 29.2 Å². The van der Waals surface area contributed by atoms with Gasteiger partial charge in [-0.3, -0.25) is 4.57 Å². The largest absolute Gasteiger partial charge is 0.497 e. The number of hydrogen-bond acceptors (Lipinski definition) is 7. The second-order valence-corrected chi connectivity index (χ2v) is 8.00. The number of aromatic nitrogens is 6. The molecule has 6 rings (SSSR count). The van der Waals surface area contributed by atoms with E-state index >= 15 is 0 Å². The molecule has 0 atom stereocenters. The highest BCUT2D eigenvalue weighted by atomic mass is 16.5. The van der Waals surface area contributed by atoms with Crippen molar-refractivity contribution in [2.75, 3.05) is 7.11 Å². The van der Waals surface area contributed by atoms with Gasteiger partial charge in [-0.05, 0) is 48.4 Å². The minimum absolute atomic E-state index is 0.431. The summed E-state index contributed by atoms with van der Waals surface area (Å²) in [4.78, 5) is 4.27. The SMILES string of the molecule is COc1ccnc(Oc2cccc(-c3ccc4c5ccccc5n(-c5nnc(C)nn5)c4c3)c2)c1. The number of benzene rings is 3. The van der Waals surface area contributed by atoms with Crippen LogP contribution in [0.3, 0.4) is 0 Å². The molecular formula is C27H20N6O2. The number of rotatable bonds is 5. The Morgan fingerprint density at radius 1 is 0.686 bits per heavy atom. The van der Waals surface area contributed by atoms with Gasteiger partial charge in [-0.2, -0.15) is 0 Å². The van der Waals surface area contributed by atoms with Crippen molar-refractivity contribution in [3.8, 4) is 34.5 Å². The first-order chi connectivity index (χ1) is 17.2. The summed E-state index contributed by atoms with van der Waals surface area (Å²) in [7, 11) is 1.61. The lowest BCUT2D eigenvalue weighted by Crippen LogP contribution is -2.06. The Balaban J connectivity index is 1.46. The zero-order valence-corrected chi connectivity index (χ0v) is 19.1. The van der Waals surface area contributed by atoms with Crippen molar-refractivity contribution in [1.82, 2.24) is 29.9 Å². The molecule has 0 aliphatic carbocycles. The molecule has 8 heteroatoms. The van der Waals surface area contributed by atoms with E-state index in [-0.39, 0.29) is 0 Å². The fourth-order valence-electron chi connectivity index (χ4n) is 4.16. The molecule has 0 amide bonds. The van der Waals surface area contributed by atoms with Crippen LogP contribution in [0.25, 0.3) is 38.9 Å². The zero-order valence-electron chi connectivity index (χ0n) is 19.1. The topological polar surface area (TPSA) is 87.8 Å². The maximum Gasteiger partial charge on any atom is 0.273 e. The summed E-state index contributed by atoms with van der Waals surface area (Å²) in [5.41, 5.74) is 3.99. The van der Waals surface area contributed by atoms with E-state index in [1.165, 1.54) is 0 Å². The molecule has 0 N–H and O–H groups in total. The van der Waals surface area contributed by atoms with Crippen LogP contribution in [0.5, 0.6) is 17.4 Å². The molecule has 0 spiro atoms. The minimum atomic E-state index is 0.431. The number of hydrogen-bond donors (Lipinski definition) is 0. The van der Waals surface area contributed by atoms with Gasteiger partial charge in [0.05, 0.1) is 18.1 Å². The highest BCUT2D eigenvalue weighted by Gasteiger charge is 2.15. The van der Waals surface area contributed by atoms with Crippen LogP contribution in [0, 0.1) is 6.92 Å². The lowest BCUT2D eigenvalue weighted by molar-refractivity contribution is 0.405. The number of fused-ring (bicyclic) bond motifs is 3. The fraction of sp³-hybridized carbons (Fsp3) is 0.0741. The average molecular weight is 460 g/mol. The lowest BCUT2D eigenvalue weighted by Gasteiger charge is -2.09. The van der Waals surface area contributed by atoms with Gasteiger partial charge in [0.1, 0.15) is 11.5 Å². The van der Waals surface area contributed by atoms with E-state index in [0.717, 1.165) is 32.9 Å². The molecule has 3 heterocycles. The van der Waals surface area contributed by atoms with Gasteiger partial charge >= 0.3 is 0 Å². The number of aryl methyl sites for hydroxylation is 1. The van der Waals surface area contributed by atoms with Crippen LogP contribution in [0.1, 0.15) is 5.82 Å². The minimum Gasteiger partial charge on any atom is -0.497 e. The van der Waals surface area contributed by atoms with Crippen LogP contribution in [-0.2, 0) is 0 Å². The van der Waals surface area contributed by atoms with Crippen LogP contribution in [0.4, 0.5) is 0 Å². The Kier molecular flexibility index (Phi) is 5.03. The van der Waals surface area contributed by atoms with Crippen molar-refractivity contribution in [2.45, 2.75) is 6.92 Å². The van der Waals surface area contributed by atoms with Gasteiger partial charge in [0.25, 0.3) is 5.95 Å². The first kappa shape index (κ1) is 20.7. The predicted octanol–water partition coefficient (Wildman–Crippen LogP) is 5.54. The molecule has 3 aromatic heterocycles. The molecule has 0 radical (unpaired) electrons. The molecule has 0 saturated heterocycles. The summed E-state index contributed by atoms with van der Waals surface area (Å²) < 4.78 is 13.2. The van der Waals surface area contributed by atoms with Crippen LogP contribution < -0.4 is 9.47 Å².